The second-order valence-electron chi connectivity index (χ2n) is 6.34. The fraction of sp³-hybridized carbons (Fsp3) is 0.368. The van der Waals surface area contributed by atoms with E-state index in [1.54, 1.807) is 22.9 Å². The third-order valence-corrected chi connectivity index (χ3v) is 5.65. The summed E-state index contributed by atoms with van der Waals surface area (Å²) in [6.45, 7) is 2.78. The highest BCUT2D eigenvalue weighted by molar-refractivity contribution is 7.98. The number of likely N-dealkylation sites (tertiary alicyclic amines) is 1. The molecule has 1 aromatic heterocycles. The van der Waals surface area contributed by atoms with Crippen molar-refractivity contribution >= 4 is 23.6 Å². The van der Waals surface area contributed by atoms with E-state index < -0.39 is 5.97 Å². The number of amides is 1. The van der Waals surface area contributed by atoms with Gasteiger partial charge in [-0.25, -0.2) is 0 Å². The van der Waals surface area contributed by atoms with Crippen LogP contribution in [0.1, 0.15) is 29.5 Å². The van der Waals surface area contributed by atoms with Crippen LogP contribution in [-0.2, 0) is 10.5 Å². The van der Waals surface area contributed by atoms with Crippen LogP contribution in [-0.4, -0.2) is 35.0 Å². The van der Waals surface area contributed by atoms with E-state index in [2.05, 4.69) is 0 Å². The summed E-state index contributed by atoms with van der Waals surface area (Å²) in [5.74, 6) is -0.352. The smallest absolute Gasteiger partial charge is 0.306 e. The third kappa shape index (κ3) is 4.07. The predicted octanol–water partition coefficient (Wildman–Crippen LogP) is 3.75. The van der Waals surface area contributed by atoms with E-state index in [-0.39, 0.29) is 17.7 Å². The van der Waals surface area contributed by atoms with Gasteiger partial charge in [0.25, 0.3) is 5.91 Å². The third-order valence-electron chi connectivity index (χ3n) is 4.59. The van der Waals surface area contributed by atoms with Gasteiger partial charge < -0.3 is 14.4 Å². The van der Waals surface area contributed by atoms with Gasteiger partial charge in [-0.1, -0.05) is 25.1 Å². The van der Waals surface area contributed by atoms with E-state index in [4.69, 9.17) is 4.42 Å². The largest absolute Gasteiger partial charge is 0.481 e. The van der Waals surface area contributed by atoms with Gasteiger partial charge in [0.15, 0.2) is 5.76 Å². The van der Waals surface area contributed by atoms with E-state index in [0.717, 1.165) is 10.5 Å². The Balaban J connectivity index is 1.65. The minimum absolute atomic E-state index is 0.0627. The van der Waals surface area contributed by atoms with E-state index in [1.165, 1.54) is 0 Å². The Labute approximate surface area is 151 Å². The van der Waals surface area contributed by atoms with Crippen LogP contribution in [0.5, 0.6) is 0 Å². The van der Waals surface area contributed by atoms with Crippen molar-refractivity contribution in [1.29, 1.82) is 0 Å². The Kier molecular flexibility index (Phi) is 5.48. The number of piperidine rings is 1. The zero-order valence-corrected chi connectivity index (χ0v) is 14.9. The number of benzene rings is 1. The molecule has 0 spiro atoms. The number of furan rings is 1. The lowest BCUT2D eigenvalue weighted by Gasteiger charge is -2.34. The van der Waals surface area contributed by atoms with Gasteiger partial charge in [0.05, 0.1) is 12.2 Å². The molecule has 6 heteroatoms. The van der Waals surface area contributed by atoms with Gasteiger partial charge >= 0.3 is 5.97 Å². The number of hydrogen-bond donors (Lipinski definition) is 1. The first kappa shape index (κ1) is 17.6. The molecule has 3 rings (SSSR count). The second-order valence-corrected chi connectivity index (χ2v) is 7.39. The highest BCUT2D eigenvalue weighted by atomic mass is 32.2. The van der Waals surface area contributed by atoms with Crippen LogP contribution in [0.15, 0.2) is 52.0 Å². The Morgan fingerprint density at radius 3 is 2.72 bits per heavy atom. The fourth-order valence-corrected chi connectivity index (χ4v) is 4.05. The quantitative estimate of drug-likeness (QED) is 0.823. The van der Waals surface area contributed by atoms with Gasteiger partial charge in [0, 0.05) is 29.3 Å². The van der Waals surface area contributed by atoms with Gasteiger partial charge in [-0.3, -0.25) is 9.59 Å². The zero-order valence-electron chi connectivity index (χ0n) is 14.1. The summed E-state index contributed by atoms with van der Waals surface area (Å²) in [7, 11) is 0. The molecule has 0 saturated carbocycles. The summed E-state index contributed by atoms with van der Waals surface area (Å²) in [6, 6.07) is 11.8. The first-order valence-electron chi connectivity index (χ1n) is 8.32. The van der Waals surface area contributed by atoms with Gasteiger partial charge in [-0.15, -0.1) is 11.8 Å². The van der Waals surface area contributed by atoms with Crippen LogP contribution in [0, 0.1) is 11.8 Å². The predicted molar refractivity (Wildman–Crippen MR) is 95.5 cm³/mol. The van der Waals surface area contributed by atoms with Crippen molar-refractivity contribution in [3.63, 3.8) is 0 Å². The maximum atomic E-state index is 12.8. The number of carbonyl (C=O) groups is 2. The molecule has 0 bridgehead atoms. The molecule has 1 fully saturated rings. The normalized spacial score (nSPS) is 20.4. The molecule has 0 aliphatic carbocycles. The van der Waals surface area contributed by atoms with Crippen molar-refractivity contribution in [2.24, 2.45) is 11.8 Å². The van der Waals surface area contributed by atoms with Crippen LogP contribution in [0.3, 0.4) is 0 Å². The van der Waals surface area contributed by atoms with E-state index in [9.17, 15) is 14.7 Å². The van der Waals surface area contributed by atoms with Crippen molar-refractivity contribution in [2.45, 2.75) is 24.0 Å². The summed E-state index contributed by atoms with van der Waals surface area (Å²) < 4.78 is 5.46. The van der Waals surface area contributed by atoms with Crippen molar-refractivity contribution in [2.75, 3.05) is 13.1 Å². The minimum atomic E-state index is -0.780. The number of thioether (sulfide) groups is 1. The Morgan fingerprint density at radius 2 is 2.04 bits per heavy atom. The lowest BCUT2D eigenvalue weighted by atomic mass is 9.87. The fourth-order valence-electron chi connectivity index (χ4n) is 3.16. The summed E-state index contributed by atoms with van der Waals surface area (Å²) in [5.41, 5.74) is 0.867. The molecule has 1 N–H and O–H groups in total. The van der Waals surface area contributed by atoms with Gasteiger partial charge in [0.2, 0.25) is 0 Å². The van der Waals surface area contributed by atoms with Crippen LogP contribution < -0.4 is 0 Å². The first-order chi connectivity index (χ1) is 12.1. The number of nitrogens with zero attached hydrogens (tertiary/aromatic N) is 1. The number of carboxylic acids is 1. The molecule has 2 atom stereocenters. The lowest BCUT2D eigenvalue weighted by molar-refractivity contribution is -0.145. The number of carboxylic acid groups (broad SMARTS) is 1. The molecule has 0 radical (unpaired) electrons. The van der Waals surface area contributed by atoms with Crippen LogP contribution in [0.25, 0.3) is 0 Å². The van der Waals surface area contributed by atoms with Crippen molar-refractivity contribution in [3.05, 3.63) is 54.0 Å². The molecule has 1 saturated heterocycles. The number of carbonyl (C=O) groups excluding carboxylic acids is 1. The van der Waals surface area contributed by atoms with Crippen molar-refractivity contribution in [3.8, 4) is 0 Å². The van der Waals surface area contributed by atoms with Crippen molar-refractivity contribution in [1.82, 2.24) is 4.90 Å². The van der Waals surface area contributed by atoms with Gasteiger partial charge in [-0.05, 0) is 30.5 Å². The number of rotatable bonds is 5. The van der Waals surface area contributed by atoms with E-state index >= 15 is 0 Å². The SMILES string of the molecule is CC1CN(C(=O)c2occc2CSc2ccccc2)CCC1C(=O)O. The summed E-state index contributed by atoms with van der Waals surface area (Å²) in [6.07, 6.45) is 2.03. The maximum Gasteiger partial charge on any atom is 0.306 e. The summed E-state index contributed by atoms with van der Waals surface area (Å²) >= 11 is 1.65. The Hall–Kier alpha value is -2.21. The Morgan fingerprint density at radius 1 is 1.28 bits per heavy atom. The molecule has 1 aliphatic heterocycles. The molecule has 2 aromatic rings. The number of aliphatic carboxylic acids is 1. The summed E-state index contributed by atoms with van der Waals surface area (Å²) in [5, 5.41) is 9.22. The van der Waals surface area contributed by atoms with Gasteiger partial charge in [-0.2, -0.15) is 0 Å². The molecular formula is C19H21NO4S. The number of hydrogen-bond acceptors (Lipinski definition) is 4. The first-order valence-corrected chi connectivity index (χ1v) is 9.31. The average molecular weight is 359 g/mol. The molecule has 2 heterocycles. The highest BCUT2D eigenvalue weighted by Gasteiger charge is 2.34. The molecule has 25 heavy (non-hydrogen) atoms. The summed E-state index contributed by atoms with van der Waals surface area (Å²) in [4.78, 5) is 26.9. The highest BCUT2D eigenvalue weighted by Crippen LogP contribution is 2.28. The van der Waals surface area contributed by atoms with Crippen LogP contribution in [0.2, 0.25) is 0 Å². The maximum absolute atomic E-state index is 12.8. The Bertz CT molecular complexity index is 743. The van der Waals surface area contributed by atoms with E-state index in [0.29, 0.717) is 31.0 Å². The van der Waals surface area contributed by atoms with Crippen LogP contribution >= 0.6 is 11.8 Å². The topological polar surface area (TPSA) is 70.8 Å². The minimum Gasteiger partial charge on any atom is -0.481 e. The monoisotopic (exact) mass is 359 g/mol. The standard InChI is InChI=1S/C19H21NO4S/c1-13-11-20(9-7-16(13)19(22)23)18(21)17-14(8-10-24-17)12-25-15-5-3-2-4-6-15/h2-6,8,10,13,16H,7,9,11-12H2,1H3,(H,22,23). The van der Waals surface area contributed by atoms with Crippen LogP contribution in [0.4, 0.5) is 0 Å². The molecule has 1 aromatic carbocycles. The molecule has 1 amide bonds. The molecule has 2 unspecified atom stereocenters. The zero-order chi connectivity index (χ0) is 17.8. The molecule has 1 aliphatic rings. The molecule has 5 nitrogen and oxygen atoms in total. The molecular weight excluding hydrogens is 338 g/mol. The van der Waals surface area contributed by atoms with Crippen molar-refractivity contribution < 1.29 is 19.1 Å². The molecule has 132 valence electrons. The average Bonchev–Trinajstić information content (AvgIpc) is 3.08. The second kappa shape index (κ2) is 7.78. The van der Waals surface area contributed by atoms with E-state index in [1.807, 2.05) is 43.3 Å². The van der Waals surface area contributed by atoms with Gasteiger partial charge in [0.1, 0.15) is 0 Å². The lowest BCUT2D eigenvalue weighted by Crippen LogP contribution is -2.45.